The van der Waals surface area contributed by atoms with Crippen LogP contribution in [0.3, 0.4) is 0 Å². The van der Waals surface area contributed by atoms with Crippen molar-refractivity contribution in [2.24, 2.45) is 5.73 Å². The molecule has 13 heavy (non-hydrogen) atoms. The number of ether oxygens (including phenoxy) is 2. The summed E-state index contributed by atoms with van der Waals surface area (Å²) in [4.78, 5) is 0. The summed E-state index contributed by atoms with van der Waals surface area (Å²) < 4.78 is 11.1. The quantitative estimate of drug-likeness (QED) is 0.742. The van der Waals surface area contributed by atoms with Gasteiger partial charge in [-0.1, -0.05) is 0 Å². The lowest BCUT2D eigenvalue weighted by Gasteiger charge is -2.14. The Morgan fingerprint density at radius 3 is 3.00 bits per heavy atom. The standard InChI is InChI=1S/C9H17NO2S/c10-5-7-6-11-9(12-7)4-8-2-1-3-13-8/h7-9H,1-6,10H2. The van der Waals surface area contributed by atoms with Crippen molar-refractivity contribution in [3.05, 3.63) is 0 Å². The van der Waals surface area contributed by atoms with Crippen molar-refractivity contribution in [1.82, 2.24) is 0 Å². The van der Waals surface area contributed by atoms with Crippen LogP contribution in [0.25, 0.3) is 0 Å². The van der Waals surface area contributed by atoms with E-state index in [2.05, 4.69) is 0 Å². The lowest BCUT2D eigenvalue weighted by atomic mass is 10.2. The first-order valence-corrected chi connectivity index (χ1v) is 6.02. The molecule has 2 fully saturated rings. The Morgan fingerprint density at radius 2 is 2.38 bits per heavy atom. The molecule has 2 heterocycles. The summed E-state index contributed by atoms with van der Waals surface area (Å²) in [6, 6.07) is 0. The number of rotatable bonds is 3. The zero-order valence-corrected chi connectivity index (χ0v) is 8.59. The molecule has 2 saturated heterocycles. The molecule has 2 rings (SSSR count). The molecular formula is C9H17NO2S. The van der Waals surface area contributed by atoms with Crippen molar-refractivity contribution < 1.29 is 9.47 Å². The minimum absolute atomic E-state index is 0.0177. The molecule has 0 bridgehead atoms. The summed E-state index contributed by atoms with van der Waals surface area (Å²) in [6.45, 7) is 1.26. The zero-order valence-electron chi connectivity index (χ0n) is 7.78. The molecule has 0 aromatic rings. The van der Waals surface area contributed by atoms with E-state index < -0.39 is 0 Å². The van der Waals surface area contributed by atoms with Gasteiger partial charge < -0.3 is 15.2 Å². The largest absolute Gasteiger partial charge is 0.350 e. The highest BCUT2D eigenvalue weighted by molar-refractivity contribution is 8.00. The van der Waals surface area contributed by atoms with E-state index in [9.17, 15) is 0 Å². The Hall–Kier alpha value is 0.230. The maximum absolute atomic E-state index is 5.61. The van der Waals surface area contributed by atoms with Crippen LogP contribution in [0.1, 0.15) is 19.3 Å². The average Bonchev–Trinajstić information content (AvgIpc) is 2.76. The van der Waals surface area contributed by atoms with Crippen LogP contribution in [0.2, 0.25) is 0 Å². The topological polar surface area (TPSA) is 44.5 Å². The summed E-state index contributed by atoms with van der Waals surface area (Å²) in [6.07, 6.45) is 3.87. The highest BCUT2D eigenvalue weighted by atomic mass is 32.2. The Morgan fingerprint density at radius 1 is 1.46 bits per heavy atom. The first kappa shape index (κ1) is 9.77. The summed E-state index contributed by atoms with van der Waals surface area (Å²) >= 11 is 2.05. The van der Waals surface area contributed by atoms with Crippen LogP contribution in [0.15, 0.2) is 0 Å². The van der Waals surface area contributed by atoms with Crippen molar-refractivity contribution in [3.8, 4) is 0 Å². The lowest BCUT2D eigenvalue weighted by Crippen LogP contribution is -2.23. The summed E-state index contributed by atoms with van der Waals surface area (Å²) in [5, 5.41) is 0.751. The lowest BCUT2D eigenvalue weighted by molar-refractivity contribution is -0.0603. The van der Waals surface area contributed by atoms with Crippen LogP contribution in [0.5, 0.6) is 0 Å². The zero-order chi connectivity index (χ0) is 9.10. The second kappa shape index (κ2) is 4.64. The van der Waals surface area contributed by atoms with Gasteiger partial charge in [0.25, 0.3) is 0 Å². The molecular weight excluding hydrogens is 186 g/mol. The number of nitrogens with two attached hydrogens (primary N) is 1. The van der Waals surface area contributed by atoms with Gasteiger partial charge >= 0.3 is 0 Å². The van der Waals surface area contributed by atoms with E-state index in [1.807, 2.05) is 11.8 Å². The normalized spacial score (nSPS) is 39.9. The number of hydrogen-bond donors (Lipinski definition) is 1. The van der Waals surface area contributed by atoms with E-state index in [-0.39, 0.29) is 12.4 Å². The van der Waals surface area contributed by atoms with Gasteiger partial charge in [-0.15, -0.1) is 0 Å². The second-order valence-corrected chi connectivity index (χ2v) is 5.04. The van der Waals surface area contributed by atoms with Crippen LogP contribution in [-0.2, 0) is 9.47 Å². The molecule has 0 amide bonds. The SMILES string of the molecule is NCC1COC(CC2CCCS2)O1. The third-order valence-electron chi connectivity index (χ3n) is 2.55. The maximum Gasteiger partial charge on any atom is 0.159 e. The van der Waals surface area contributed by atoms with Gasteiger partial charge in [-0.05, 0) is 18.6 Å². The van der Waals surface area contributed by atoms with Crippen LogP contribution in [0, 0.1) is 0 Å². The van der Waals surface area contributed by atoms with Gasteiger partial charge in [-0.2, -0.15) is 11.8 Å². The van der Waals surface area contributed by atoms with Gasteiger partial charge in [-0.3, -0.25) is 0 Å². The first-order chi connectivity index (χ1) is 6.38. The van der Waals surface area contributed by atoms with Crippen molar-refractivity contribution in [1.29, 1.82) is 0 Å². The van der Waals surface area contributed by atoms with Crippen LogP contribution in [-0.4, -0.2) is 36.5 Å². The molecule has 2 aliphatic rings. The van der Waals surface area contributed by atoms with Crippen molar-refractivity contribution >= 4 is 11.8 Å². The predicted octanol–water partition coefficient (Wildman–Crippen LogP) is 0.972. The molecule has 3 unspecified atom stereocenters. The highest BCUT2D eigenvalue weighted by Crippen LogP contribution is 2.31. The molecule has 0 spiro atoms. The fourth-order valence-corrected chi connectivity index (χ4v) is 3.09. The fourth-order valence-electron chi connectivity index (χ4n) is 1.80. The van der Waals surface area contributed by atoms with E-state index >= 15 is 0 Å². The molecule has 0 saturated carbocycles. The predicted molar refractivity (Wildman–Crippen MR) is 53.8 cm³/mol. The van der Waals surface area contributed by atoms with Gasteiger partial charge in [0.15, 0.2) is 6.29 Å². The Bertz CT molecular complexity index is 162. The molecule has 0 radical (unpaired) electrons. The highest BCUT2D eigenvalue weighted by Gasteiger charge is 2.28. The number of thioether (sulfide) groups is 1. The Labute approximate surface area is 83.3 Å². The third kappa shape index (κ3) is 2.59. The molecule has 0 aromatic heterocycles. The van der Waals surface area contributed by atoms with Gasteiger partial charge in [0, 0.05) is 18.2 Å². The first-order valence-electron chi connectivity index (χ1n) is 4.97. The summed E-state index contributed by atoms with van der Waals surface area (Å²) in [5.41, 5.74) is 5.49. The molecule has 2 N–H and O–H groups in total. The summed E-state index contributed by atoms with van der Waals surface area (Å²) in [5.74, 6) is 1.30. The molecule has 3 atom stereocenters. The average molecular weight is 203 g/mol. The van der Waals surface area contributed by atoms with Gasteiger partial charge in [0.2, 0.25) is 0 Å². The van der Waals surface area contributed by atoms with Crippen LogP contribution >= 0.6 is 11.8 Å². The maximum atomic E-state index is 5.61. The van der Waals surface area contributed by atoms with Crippen LogP contribution < -0.4 is 5.73 Å². The van der Waals surface area contributed by atoms with Crippen molar-refractivity contribution in [3.63, 3.8) is 0 Å². The van der Waals surface area contributed by atoms with Gasteiger partial charge in [-0.25, -0.2) is 0 Å². The van der Waals surface area contributed by atoms with E-state index in [1.165, 1.54) is 18.6 Å². The monoisotopic (exact) mass is 203 g/mol. The van der Waals surface area contributed by atoms with E-state index in [0.717, 1.165) is 11.7 Å². The fraction of sp³-hybridized carbons (Fsp3) is 1.00. The molecule has 4 heteroatoms. The smallest absolute Gasteiger partial charge is 0.159 e. The third-order valence-corrected chi connectivity index (χ3v) is 3.98. The van der Waals surface area contributed by atoms with Crippen molar-refractivity contribution in [2.75, 3.05) is 18.9 Å². The number of hydrogen-bond acceptors (Lipinski definition) is 4. The summed E-state index contributed by atoms with van der Waals surface area (Å²) in [7, 11) is 0. The van der Waals surface area contributed by atoms with E-state index in [4.69, 9.17) is 15.2 Å². The van der Waals surface area contributed by atoms with E-state index in [1.54, 1.807) is 0 Å². The molecule has 0 aromatic carbocycles. The van der Waals surface area contributed by atoms with Crippen LogP contribution in [0.4, 0.5) is 0 Å². The van der Waals surface area contributed by atoms with Crippen molar-refractivity contribution in [2.45, 2.75) is 36.9 Å². The molecule has 3 nitrogen and oxygen atoms in total. The molecule has 2 aliphatic heterocycles. The molecule has 76 valence electrons. The van der Waals surface area contributed by atoms with E-state index in [0.29, 0.717) is 13.2 Å². The molecule has 0 aliphatic carbocycles. The van der Waals surface area contributed by atoms with Gasteiger partial charge in [0.05, 0.1) is 12.7 Å². The Kier molecular flexibility index (Phi) is 3.49. The minimum Gasteiger partial charge on any atom is -0.350 e. The Balaban J connectivity index is 1.70. The van der Waals surface area contributed by atoms with Gasteiger partial charge in [0.1, 0.15) is 0 Å². The minimum atomic E-state index is 0.0177. The second-order valence-electron chi connectivity index (χ2n) is 3.63.